The van der Waals surface area contributed by atoms with E-state index in [1.807, 2.05) is 12.1 Å². The van der Waals surface area contributed by atoms with Crippen molar-refractivity contribution >= 4 is 12.0 Å². The zero-order valence-corrected chi connectivity index (χ0v) is 10.4. The summed E-state index contributed by atoms with van der Waals surface area (Å²) in [7, 11) is 2.02. The number of hydrogen-bond donors (Lipinski definition) is 4. The fourth-order valence-electron chi connectivity index (χ4n) is 1.55. The number of carboxylic acid groups (broad SMARTS) is 1. The largest absolute Gasteiger partial charge is 0.479 e. The third-order valence-corrected chi connectivity index (χ3v) is 2.75. The summed E-state index contributed by atoms with van der Waals surface area (Å²) < 4.78 is 0. The number of rotatable bonds is 5. The van der Waals surface area contributed by atoms with Gasteiger partial charge in [0.2, 0.25) is 0 Å². The maximum atomic E-state index is 11.4. The first-order valence-corrected chi connectivity index (χ1v) is 5.88. The number of carbonyl (C=O) groups excluding carboxylic acids is 1. The minimum Gasteiger partial charge on any atom is -0.479 e. The number of aliphatic hydroxyl groups is 1. The number of carbonyl (C=O) groups is 2. The highest BCUT2D eigenvalue weighted by Crippen LogP contribution is 1.95. The summed E-state index contributed by atoms with van der Waals surface area (Å²) in [6.07, 6.45) is -1.44. The van der Waals surface area contributed by atoms with Crippen molar-refractivity contribution in [3.05, 3.63) is 0 Å². The van der Waals surface area contributed by atoms with Gasteiger partial charge in [-0.1, -0.05) is 0 Å². The first-order valence-electron chi connectivity index (χ1n) is 5.88. The summed E-state index contributed by atoms with van der Waals surface area (Å²) in [5, 5.41) is 21.8. The number of carboxylic acids is 1. The predicted octanol–water partition coefficient (Wildman–Crippen LogP) is -1.72. The summed E-state index contributed by atoms with van der Waals surface area (Å²) in [5.41, 5.74) is 2.67. The molecule has 8 heteroatoms. The normalized spacial score (nSPS) is 19.2. The van der Waals surface area contributed by atoms with Crippen LogP contribution in [0.5, 0.6) is 0 Å². The standard InChI is InChI=1S/C10H20N4O4/c1-13-4-6-14(7-5-13)12-10(18)11-3-2-8(15)9(16)17/h8,15H,2-7H2,1H3,(H,16,17)(H2,11,12,18). The number of nitrogens with one attached hydrogen (secondary N) is 2. The third-order valence-electron chi connectivity index (χ3n) is 2.75. The van der Waals surface area contributed by atoms with Crippen LogP contribution in [0.3, 0.4) is 0 Å². The molecule has 0 saturated carbocycles. The Hall–Kier alpha value is -1.38. The summed E-state index contributed by atoms with van der Waals surface area (Å²) >= 11 is 0. The smallest absolute Gasteiger partial charge is 0.332 e. The Kier molecular flexibility index (Phi) is 5.83. The second-order valence-corrected chi connectivity index (χ2v) is 4.30. The number of piperazine rings is 1. The number of aliphatic hydroxyl groups excluding tert-OH is 1. The molecule has 0 aromatic rings. The molecule has 0 aromatic carbocycles. The van der Waals surface area contributed by atoms with Gasteiger partial charge < -0.3 is 20.4 Å². The second-order valence-electron chi connectivity index (χ2n) is 4.30. The lowest BCUT2D eigenvalue weighted by Crippen LogP contribution is -2.55. The molecule has 0 spiro atoms. The first kappa shape index (κ1) is 14.7. The van der Waals surface area contributed by atoms with Gasteiger partial charge in [-0.3, -0.25) is 5.43 Å². The first-order chi connectivity index (χ1) is 8.49. The van der Waals surface area contributed by atoms with Crippen LogP contribution in [0.1, 0.15) is 6.42 Å². The van der Waals surface area contributed by atoms with E-state index in [0.717, 1.165) is 26.2 Å². The van der Waals surface area contributed by atoms with Gasteiger partial charge in [0.05, 0.1) is 0 Å². The van der Waals surface area contributed by atoms with Crippen LogP contribution in [0, 0.1) is 0 Å². The van der Waals surface area contributed by atoms with Crippen LogP contribution in [0.4, 0.5) is 4.79 Å². The van der Waals surface area contributed by atoms with Crippen LogP contribution in [0.2, 0.25) is 0 Å². The number of likely N-dealkylation sites (N-methyl/N-ethyl adjacent to an activating group) is 1. The van der Waals surface area contributed by atoms with E-state index in [-0.39, 0.29) is 19.0 Å². The number of nitrogens with zero attached hydrogens (tertiary/aromatic N) is 2. The van der Waals surface area contributed by atoms with E-state index in [1.165, 1.54) is 0 Å². The molecule has 1 atom stereocenters. The van der Waals surface area contributed by atoms with Crippen molar-refractivity contribution in [2.24, 2.45) is 0 Å². The Morgan fingerprint density at radius 1 is 1.28 bits per heavy atom. The molecule has 1 saturated heterocycles. The Bertz CT molecular complexity index is 292. The van der Waals surface area contributed by atoms with Crippen LogP contribution in [-0.2, 0) is 4.79 Å². The van der Waals surface area contributed by atoms with Gasteiger partial charge in [-0.25, -0.2) is 14.6 Å². The van der Waals surface area contributed by atoms with Crippen LogP contribution >= 0.6 is 0 Å². The molecule has 2 amide bonds. The molecule has 1 heterocycles. The third kappa shape index (κ3) is 5.30. The molecule has 1 aliphatic heterocycles. The molecule has 0 aliphatic carbocycles. The van der Waals surface area contributed by atoms with Crippen molar-refractivity contribution in [1.29, 1.82) is 0 Å². The number of urea groups is 1. The minimum absolute atomic E-state index is 0.00844. The molecule has 4 N–H and O–H groups in total. The molecule has 18 heavy (non-hydrogen) atoms. The molecule has 1 rings (SSSR count). The fraction of sp³-hybridized carbons (Fsp3) is 0.800. The average molecular weight is 260 g/mol. The van der Waals surface area contributed by atoms with Crippen LogP contribution < -0.4 is 10.7 Å². The zero-order valence-electron chi connectivity index (χ0n) is 10.4. The summed E-state index contributed by atoms with van der Waals surface area (Å²) in [6.45, 7) is 3.40. The molecule has 1 fully saturated rings. The lowest BCUT2D eigenvalue weighted by Gasteiger charge is -2.32. The van der Waals surface area contributed by atoms with Gasteiger partial charge in [-0.2, -0.15) is 0 Å². The summed E-state index contributed by atoms with van der Waals surface area (Å²) in [4.78, 5) is 23.9. The lowest BCUT2D eigenvalue weighted by atomic mass is 10.2. The van der Waals surface area contributed by atoms with Crippen molar-refractivity contribution in [3.8, 4) is 0 Å². The van der Waals surface area contributed by atoms with E-state index in [9.17, 15) is 9.59 Å². The molecular formula is C10H20N4O4. The molecule has 0 aromatic heterocycles. The maximum Gasteiger partial charge on any atom is 0.332 e. The topological polar surface area (TPSA) is 105 Å². The van der Waals surface area contributed by atoms with E-state index < -0.39 is 12.1 Å². The van der Waals surface area contributed by atoms with Gasteiger partial charge in [0.25, 0.3) is 0 Å². The second kappa shape index (κ2) is 7.14. The highest BCUT2D eigenvalue weighted by Gasteiger charge is 2.16. The maximum absolute atomic E-state index is 11.4. The van der Waals surface area contributed by atoms with Crippen LogP contribution in [0.15, 0.2) is 0 Å². The Labute approximate surface area is 106 Å². The van der Waals surface area contributed by atoms with Gasteiger partial charge in [-0.05, 0) is 7.05 Å². The molecule has 1 unspecified atom stereocenters. The fourth-order valence-corrected chi connectivity index (χ4v) is 1.55. The van der Waals surface area contributed by atoms with E-state index in [4.69, 9.17) is 10.2 Å². The average Bonchev–Trinajstić information content (AvgIpc) is 2.32. The van der Waals surface area contributed by atoms with Gasteiger partial charge in [0.1, 0.15) is 0 Å². The Morgan fingerprint density at radius 2 is 1.89 bits per heavy atom. The quantitative estimate of drug-likeness (QED) is 0.469. The molecule has 8 nitrogen and oxygen atoms in total. The van der Waals surface area contributed by atoms with Gasteiger partial charge in [0.15, 0.2) is 6.10 Å². The van der Waals surface area contributed by atoms with Crippen molar-refractivity contribution in [1.82, 2.24) is 20.7 Å². The number of hydrogen-bond acceptors (Lipinski definition) is 5. The van der Waals surface area contributed by atoms with Gasteiger partial charge in [0, 0.05) is 39.1 Å². The molecular weight excluding hydrogens is 240 g/mol. The van der Waals surface area contributed by atoms with Gasteiger partial charge >= 0.3 is 12.0 Å². The van der Waals surface area contributed by atoms with Crippen molar-refractivity contribution in [2.45, 2.75) is 12.5 Å². The van der Waals surface area contributed by atoms with Crippen molar-refractivity contribution < 1.29 is 19.8 Å². The monoisotopic (exact) mass is 260 g/mol. The number of amides is 2. The van der Waals surface area contributed by atoms with E-state index in [2.05, 4.69) is 15.6 Å². The summed E-state index contributed by atoms with van der Waals surface area (Å²) in [6, 6.07) is -0.378. The van der Waals surface area contributed by atoms with Gasteiger partial charge in [-0.15, -0.1) is 0 Å². The van der Waals surface area contributed by atoms with Crippen molar-refractivity contribution in [2.75, 3.05) is 39.8 Å². The summed E-state index contributed by atoms with van der Waals surface area (Å²) in [5.74, 6) is -1.28. The van der Waals surface area contributed by atoms with E-state index in [1.54, 1.807) is 0 Å². The number of hydrazine groups is 1. The van der Waals surface area contributed by atoms with Crippen molar-refractivity contribution in [3.63, 3.8) is 0 Å². The lowest BCUT2D eigenvalue weighted by molar-refractivity contribution is -0.146. The molecule has 0 bridgehead atoms. The highest BCUT2D eigenvalue weighted by atomic mass is 16.4. The van der Waals surface area contributed by atoms with E-state index >= 15 is 0 Å². The Balaban J connectivity index is 2.12. The molecule has 0 radical (unpaired) electrons. The number of aliphatic carboxylic acids is 1. The van der Waals surface area contributed by atoms with Crippen LogP contribution in [-0.4, -0.2) is 78.0 Å². The molecule has 104 valence electrons. The van der Waals surface area contributed by atoms with E-state index in [0.29, 0.717) is 0 Å². The zero-order chi connectivity index (χ0) is 13.5. The minimum atomic E-state index is -1.44. The predicted molar refractivity (Wildman–Crippen MR) is 63.9 cm³/mol. The Morgan fingerprint density at radius 3 is 2.44 bits per heavy atom. The van der Waals surface area contributed by atoms with Crippen LogP contribution in [0.25, 0.3) is 0 Å². The molecule has 1 aliphatic rings. The highest BCUT2D eigenvalue weighted by molar-refractivity contribution is 5.74. The SMILES string of the molecule is CN1CCN(NC(=O)NCCC(O)C(=O)O)CC1.